The zero-order valence-electron chi connectivity index (χ0n) is 13.7. The lowest BCUT2D eigenvalue weighted by Crippen LogP contribution is -2.33. The Kier molecular flexibility index (Phi) is 3.85. The maximum absolute atomic E-state index is 12.3. The van der Waals surface area contributed by atoms with Gasteiger partial charge in [0.25, 0.3) is 0 Å². The van der Waals surface area contributed by atoms with E-state index in [9.17, 15) is 9.59 Å². The topological polar surface area (TPSA) is 82.0 Å². The molecule has 1 fully saturated rings. The van der Waals surface area contributed by atoms with Crippen molar-refractivity contribution < 1.29 is 14.7 Å². The van der Waals surface area contributed by atoms with E-state index in [2.05, 4.69) is 10.4 Å². The summed E-state index contributed by atoms with van der Waals surface area (Å²) in [6.45, 7) is 0.138. The van der Waals surface area contributed by atoms with Crippen molar-refractivity contribution in [1.82, 2.24) is 5.43 Å². The molecule has 6 nitrogen and oxygen atoms in total. The van der Waals surface area contributed by atoms with Gasteiger partial charge >= 0.3 is 5.97 Å². The van der Waals surface area contributed by atoms with Crippen LogP contribution < -0.4 is 10.4 Å². The molecule has 1 saturated heterocycles. The Morgan fingerprint density at radius 2 is 1.73 bits per heavy atom. The molecule has 0 saturated carbocycles. The van der Waals surface area contributed by atoms with Crippen LogP contribution in [0.25, 0.3) is 10.8 Å². The van der Waals surface area contributed by atoms with Crippen molar-refractivity contribution in [3.8, 4) is 0 Å². The Balaban J connectivity index is 1.58. The van der Waals surface area contributed by atoms with Gasteiger partial charge in [0.1, 0.15) is 6.54 Å². The smallest absolute Gasteiger partial charge is 0.335 e. The Hall–Kier alpha value is -3.67. The van der Waals surface area contributed by atoms with E-state index in [1.807, 2.05) is 42.5 Å². The van der Waals surface area contributed by atoms with Gasteiger partial charge in [-0.05, 0) is 47.2 Å². The number of benzene rings is 3. The highest BCUT2D eigenvalue weighted by molar-refractivity contribution is 6.43. The summed E-state index contributed by atoms with van der Waals surface area (Å²) in [7, 11) is 0. The van der Waals surface area contributed by atoms with E-state index in [4.69, 9.17) is 5.11 Å². The van der Waals surface area contributed by atoms with Gasteiger partial charge in [-0.3, -0.25) is 15.2 Å². The number of Topliss-reactive ketones (excluding diaryl/α,β-unsaturated/α-hetero) is 1. The number of hydrogen-bond acceptors (Lipinski definition) is 4. The van der Waals surface area contributed by atoms with Crippen LogP contribution in [0.5, 0.6) is 0 Å². The molecule has 1 aliphatic rings. The van der Waals surface area contributed by atoms with Gasteiger partial charge in [0.15, 0.2) is 5.84 Å². The molecule has 0 unspecified atom stereocenters. The van der Waals surface area contributed by atoms with Crippen LogP contribution in [0.15, 0.2) is 71.7 Å². The highest BCUT2D eigenvalue weighted by atomic mass is 16.4. The monoisotopic (exact) mass is 345 g/mol. The van der Waals surface area contributed by atoms with E-state index in [-0.39, 0.29) is 23.7 Å². The number of carbonyl (C=O) groups excluding carboxylic acids is 1. The van der Waals surface area contributed by atoms with Gasteiger partial charge in [-0.25, -0.2) is 9.79 Å². The van der Waals surface area contributed by atoms with Crippen molar-refractivity contribution >= 4 is 39.7 Å². The van der Waals surface area contributed by atoms with E-state index in [1.54, 1.807) is 17.1 Å². The molecule has 0 spiro atoms. The number of ketones is 1. The van der Waals surface area contributed by atoms with E-state index in [0.717, 1.165) is 10.8 Å². The quantitative estimate of drug-likeness (QED) is 0.762. The van der Waals surface area contributed by atoms with Crippen molar-refractivity contribution in [2.24, 2.45) is 4.99 Å². The van der Waals surface area contributed by atoms with Gasteiger partial charge in [0, 0.05) is 0 Å². The highest BCUT2D eigenvalue weighted by Crippen LogP contribution is 2.22. The first-order valence-electron chi connectivity index (χ1n) is 8.08. The summed E-state index contributed by atoms with van der Waals surface area (Å²) >= 11 is 0. The van der Waals surface area contributed by atoms with Crippen LogP contribution in [0.2, 0.25) is 0 Å². The third-order valence-electron chi connectivity index (χ3n) is 4.21. The van der Waals surface area contributed by atoms with E-state index in [1.165, 1.54) is 12.1 Å². The first kappa shape index (κ1) is 15.8. The molecular formula is C20H15N3O3. The van der Waals surface area contributed by atoms with Crippen molar-refractivity contribution in [1.29, 1.82) is 0 Å². The fourth-order valence-electron chi connectivity index (χ4n) is 2.85. The first-order valence-corrected chi connectivity index (χ1v) is 8.08. The lowest BCUT2D eigenvalue weighted by molar-refractivity contribution is -0.111. The molecule has 0 radical (unpaired) electrons. The molecular weight excluding hydrogens is 330 g/mol. The minimum absolute atomic E-state index is 0.125. The molecule has 3 aromatic carbocycles. The zero-order valence-corrected chi connectivity index (χ0v) is 13.7. The van der Waals surface area contributed by atoms with E-state index >= 15 is 0 Å². The minimum atomic E-state index is -0.986. The Bertz CT molecular complexity index is 1040. The van der Waals surface area contributed by atoms with Gasteiger partial charge in [-0.2, -0.15) is 0 Å². The lowest BCUT2D eigenvalue weighted by atomic mass is 10.1. The normalized spacial score (nSPS) is 15.5. The number of carboxylic acid groups (broad SMARTS) is 1. The number of nitrogens with one attached hydrogen (secondary N) is 1. The molecule has 1 heterocycles. The van der Waals surface area contributed by atoms with Gasteiger partial charge in [-0.1, -0.05) is 30.3 Å². The second-order valence-electron chi connectivity index (χ2n) is 5.97. The molecule has 128 valence electrons. The average Bonchev–Trinajstić information content (AvgIpc) is 3.02. The molecule has 0 atom stereocenters. The fourth-order valence-corrected chi connectivity index (χ4v) is 2.85. The summed E-state index contributed by atoms with van der Waals surface area (Å²) in [5.41, 5.74) is 4.58. The highest BCUT2D eigenvalue weighted by Gasteiger charge is 2.26. The molecule has 0 amide bonds. The first-order chi connectivity index (χ1) is 12.6. The molecule has 0 aliphatic carbocycles. The number of carbonyl (C=O) groups is 2. The van der Waals surface area contributed by atoms with Crippen molar-refractivity contribution in [2.75, 3.05) is 11.6 Å². The predicted octanol–water partition coefficient (Wildman–Crippen LogP) is 3.16. The lowest BCUT2D eigenvalue weighted by Gasteiger charge is -2.16. The van der Waals surface area contributed by atoms with Gasteiger partial charge in [-0.15, -0.1) is 0 Å². The second kappa shape index (κ2) is 6.33. The number of anilines is 1. The summed E-state index contributed by atoms with van der Waals surface area (Å²) in [6, 6.07) is 20.0. The Labute approximate surface area is 149 Å². The number of aliphatic imine (C=N–C) groups is 1. The van der Waals surface area contributed by atoms with Gasteiger partial charge in [0.05, 0.1) is 16.9 Å². The van der Waals surface area contributed by atoms with Crippen LogP contribution in [0, 0.1) is 0 Å². The summed E-state index contributed by atoms with van der Waals surface area (Å²) in [5, 5.41) is 12.8. The number of carboxylic acids is 1. The van der Waals surface area contributed by atoms with Crippen LogP contribution in [0.3, 0.4) is 0 Å². The van der Waals surface area contributed by atoms with Crippen LogP contribution in [0.4, 0.5) is 11.4 Å². The number of fused-ring (bicyclic) bond motifs is 1. The number of nitrogens with zero attached hydrogens (tertiary/aromatic N) is 2. The number of hydrazine groups is 1. The largest absolute Gasteiger partial charge is 0.478 e. The summed E-state index contributed by atoms with van der Waals surface area (Å²) in [5.74, 6) is -0.844. The molecule has 26 heavy (non-hydrogen) atoms. The van der Waals surface area contributed by atoms with Crippen molar-refractivity contribution in [3.63, 3.8) is 0 Å². The third kappa shape index (κ3) is 3.00. The summed E-state index contributed by atoms with van der Waals surface area (Å²) in [4.78, 5) is 27.6. The van der Waals surface area contributed by atoms with Crippen LogP contribution in [-0.2, 0) is 4.79 Å². The van der Waals surface area contributed by atoms with Crippen molar-refractivity contribution in [2.45, 2.75) is 0 Å². The molecule has 3 aromatic rings. The average molecular weight is 345 g/mol. The number of aromatic carboxylic acids is 1. The van der Waals surface area contributed by atoms with Gasteiger partial charge < -0.3 is 5.11 Å². The Morgan fingerprint density at radius 1 is 1.00 bits per heavy atom. The molecule has 4 rings (SSSR count). The standard InChI is InChI=1S/C20H15N3O3/c24-18-12-23(17-9-6-14(7-10-17)20(25)26)22-19(18)21-16-8-5-13-3-1-2-4-15(13)11-16/h1-11H,12H2,(H,21,22)(H,25,26). The SMILES string of the molecule is O=C1CN(c2ccc(C(=O)O)cc2)NC1=Nc1ccc2ccccc2c1. The Morgan fingerprint density at radius 3 is 2.46 bits per heavy atom. The summed E-state index contributed by atoms with van der Waals surface area (Å²) in [6.07, 6.45) is 0. The third-order valence-corrected chi connectivity index (χ3v) is 4.21. The van der Waals surface area contributed by atoms with Crippen LogP contribution >= 0.6 is 0 Å². The number of rotatable bonds is 3. The molecule has 0 bridgehead atoms. The zero-order chi connectivity index (χ0) is 18.1. The number of hydrogen-bond donors (Lipinski definition) is 2. The van der Waals surface area contributed by atoms with Crippen molar-refractivity contribution in [3.05, 3.63) is 72.3 Å². The molecule has 0 aromatic heterocycles. The van der Waals surface area contributed by atoms with Crippen LogP contribution in [0.1, 0.15) is 10.4 Å². The molecule has 6 heteroatoms. The molecule has 2 N–H and O–H groups in total. The second-order valence-corrected chi connectivity index (χ2v) is 5.97. The number of amidine groups is 1. The molecule has 1 aliphatic heterocycles. The maximum Gasteiger partial charge on any atom is 0.335 e. The van der Waals surface area contributed by atoms with E-state index < -0.39 is 5.97 Å². The van der Waals surface area contributed by atoms with E-state index in [0.29, 0.717) is 11.4 Å². The van der Waals surface area contributed by atoms with Crippen LogP contribution in [-0.4, -0.2) is 29.2 Å². The maximum atomic E-state index is 12.3. The fraction of sp³-hybridized carbons (Fsp3) is 0.0500. The predicted molar refractivity (Wildman–Crippen MR) is 99.9 cm³/mol. The van der Waals surface area contributed by atoms with Gasteiger partial charge in [0.2, 0.25) is 5.78 Å². The summed E-state index contributed by atoms with van der Waals surface area (Å²) < 4.78 is 0. The minimum Gasteiger partial charge on any atom is -0.478 e.